The second kappa shape index (κ2) is 7.98. The third-order valence-corrected chi connectivity index (χ3v) is 1.71. The van der Waals surface area contributed by atoms with Gasteiger partial charge < -0.3 is 15.2 Å². The van der Waals surface area contributed by atoms with Crippen LogP contribution in [0.3, 0.4) is 0 Å². The van der Waals surface area contributed by atoms with Gasteiger partial charge in [0.05, 0.1) is 6.61 Å². The first kappa shape index (κ1) is 10.9. The van der Waals surface area contributed by atoms with Gasteiger partial charge in [0.1, 0.15) is 0 Å². The van der Waals surface area contributed by atoms with Gasteiger partial charge in [0.15, 0.2) is 0 Å². The van der Waals surface area contributed by atoms with Crippen LogP contribution in [0.5, 0.6) is 0 Å². The van der Waals surface area contributed by atoms with Crippen molar-refractivity contribution in [3.8, 4) is 0 Å². The van der Waals surface area contributed by atoms with Gasteiger partial charge in [0.25, 0.3) is 0 Å². The van der Waals surface area contributed by atoms with E-state index in [2.05, 4.69) is 12.2 Å². The normalized spacial score (nSPS) is 13.4. The monoisotopic (exact) mass is 161 g/mol. The summed E-state index contributed by atoms with van der Waals surface area (Å²) in [5, 5.41) is 11.9. The zero-order valence-electron chi connectivity index (χ0n) is 7.47. The number of nitrogens with one attached hydrogen (secondary N) is 1. The number of hydrogen-bond donors (Lipinski definition) is 2. The van der Waals surface area contributed by atoms with Crippen LogP contribution in [0.2, 0.25) is 0 Å². The van der Waals surface area contributed by atoms with Crippen molar-refractivity contribution in [3.63, 3.8) is 0 Å². The maximum absolute atomic E-state index is 8.65. The summed E-state index contributed by atoms with van der Waals surface area (Å²) in [7, 11) is 1.69. The minimum atomic E-state index is 0.262. The Morgan fingerprint density at radius 2 is 2.27 bits per heavy atom. The van der Waals surface area contributed by atoms with Crippen LogP contribution in [0.4, 0.5) is 0 Å². The molecule has 0 radical (unpaired) electrons. The molecule has 68 valence electrons. The zero-order chi connectivity index (χ0) is 8.53. The van der Waals surface area contributed by atoms with Crippen LogP contribution in [-0.2, 0) is 4.74 Å². The van der Waals surface area contributed by atoms with Crippen molar-refractivity contribution in [3.05, 3.63) is 0 Å². The molecule has 11 heavy (non-hydrogen) atoms. The molecule has 0 rings (SSSR count). The molecular weight excluding hydrogens is 142 g/mol. The number of aliphatic hydroxyl groups is 1. The first-order valence-electron chi connectivity index (χ1n) is 4.18. The summed E-state index contributed by atoms with van der Waals surface area (Å²) in [6.45, 7) is 3.98. The van der Waals surface area contributed by atoms with Crippen LogP contribution in [0.1, 0.15) is 19.8 Å². The van der Waals surface area contributed by atoms with Crippen LogP contribution in [0.15, 0.2) is 0 Å². The SMILES string of the molecule is CCC(CCO)NCCOC. The highest BCUT2D eigenvalue weighted by Gasteiger charge is 2.02. The van der Waals surface area contributed by atoms with Crippen LogP contribution in [-0.4, -0.2) is 38.0 Å². The number of methoxy groups -OCH3 is 1. The predicted molar refractivity (Wildman–Crippen MR) is 45.7 cm³/mol. The van der Waals surface area contributed by atoms with E-state index in [1.54, 1.807) is 7.11 Å². The molecule has 0 aromatic carbocycles. The molecule has 3 heteroatoms. The van der Waals surface area contributed by atoms with Gasteiger partial charge in [-0.25, -0.2) is 0 Å². The smallest absolute Gasteiger partial charge is 0.0587 e. The van der Waals surface area contributed by atoms with E-state index in [0.29, 0.717) is 6.04 Å². The molecule has 0 heterocycles. The quantitative estimate of drug-likeness (QED) is 0.530. The van der Waals surface area contributed by atoms with Crippen molar-refractivity contribution in [1.82, 2.24) is 5.32 Å². The van der Waals surface area contributed by atoms with Crippen LogP contribution < -0.4 is 5.32 Å². The van der Waals surface area contributed by atoms with Crippen LogP contribution in [0.25, 0.3) is 0 Å². The van der Waals surface area contributed by atoms with Crippen molar-refractivity contribution in [1.29, 1.82) is 0 Å². The predicted octanol–water partition coefficient (Wildman–Crippen LogP) is 0.383. The van der Waals surface area contributed by atoms with E-state index < -0.39 is 0 Å². The molecule has 2 N–H and O–H groups in total. The van der Waals surface area contributed by atoms with Gasteiger partial charge in [-0.05, 0) is 12.8 Å². The van der Waals surface area contributed by atoms with E-state index in [9.17, 15) is 0 Å². The van der Waals surface area contributed by atoms with E-state index in [4.69, 9.17) is 9.84 Å². The molecule has 1 atom stereocenters. The third-order valence-electron chi connectivity index (χ3n) is 1.71. The van der Waals surface area contributed by atoms with E-state index >= 15 is 0 Å². The van der Waals surface area contributed by atoms with Crippen molar-refractivity contribution in [2.75, 3.05) is 26.9 Å². The molecule has 0 aliphatic rings. The van der Waals surface area contributed by atoms with E-state index in [0.717, 1.165) is 26.0 Å². The Kier molecular flexibility index (Phi) is 7.89. The Labute approximate surface area is 68.8 Å². The van der Waals surface area contributed by atoms with Gasteiger partial charge >= 0.3 is 0 Å². The Hall–Kier alpha value is -0.120. The summed E-state index contributed by atoms with van der Waals surface area (Å²) in [5.74, 6) is 0. The molecule has 0 bridgehead atoms. The fourth-order valence-electron chi connectivity index (χ4n) is 0.971. The lowest BCUT2D eigenvalue weighted by atomic mass is 10.1. The number of aliphatic hydroxyl groups excluding tert-OH is 1. The molecule has 0 spiro atoms. The second-order valence-electron chi connectivity index (χ2n) is 2.56. The topological polar surface area (TPSA) is 41.5 Å². The summed E-state index contributed by atoms with van der Waals surface area (Å²) < 4.78 is 4.89. The molecule has 0 saturated carbocycles. The lowest BCUT2D eigenvalue weighted by Gasteiger charge is -2.14. The average Bonchev–Trinajstić information content (AvgIpc) is 2.03. The highest BCUT2D eigenvalue weighted by Crippen LogP contribution is 1.94. The standard InChI is InChI=1S/C8H19NO2/c1-3-8(4-6-10)9-5-7-11-2/h8-10H,3-7H2,1-2H3. The van der Waals surface area contributed by atoms with Crippen molar-refractivity contribution < 1.29 is 9.84 Å². The molecule has 0 saturated heterocycles. The minimum absolute atomic E-state index is 0.262. The van der Waals surface area contributed by atoms with Crippen molar-refractivity contribution >= 4 is 0 Å². The molecule has 3 nitrogen and oxygen atoms in total. The third kappa shape index (κ3) is 6.28. The molecule has 0 aromatic rings. The van der Waals surface area contributed by atoms with E-state index in [1.807, 2.05) is 0 Å². The lowest BCUT2D eigenvalue weighted by molar-refractivity contribution is 0.190. The first-order valence-corrected chi connectivity index (χ1v) is 4.18. The number of ether oxygens (including phenoxy) is 1. The molecule has 0 amide bonds. The molecule has 0 aliphatic carbocycles. The second-order valence-corrected chi connectivity index (χ2v) is 2.56. The summed E-state index contributed by atoms with van der Waals surface area (Å²) >= 11 is 0. The van der Waals surface area contributed by atoms with Crippen molar-refractivity contribution in [2.45, 2.75) is 25.8 Å². The number of hydrogen-bond acceptors (Lipinski definition) is 3. The van der Waals surface area contributed by atoms with Gasteiger partial charge in [-0.2, -0.15) is 0 Å². The molecule has 0 aliphatic heterocycles. The summed E-state index contributed by atoms with van der Waals surface area (Å²) in [6, 6.07) is 0.440. The molecule has 0 aromatic heterocycles. The maximum Gasteiger partial charge on any atom is 0.0587 e. The fourth-order valence-corrected chi connectivity index (χ4v) is 0.971. The minimum Gasteiger partial charge on any atom is -0.396 e. The Morgan fingerprint density at radius 1 is 1.55 bits per heavy atom. The Bertz CT molecular complexity index is 78.5. The van der Waals surface area contributed by atoms with Gasteiger partial charge in [0.2, 0.25) is 0 Å². The largest absolute Gasteiger partial charge is 0.396 e. The highest BCUT2D eigenvalue weighted by molar-refractivity contribution is 4.63. The van der Waals surface area contributed by atoms with Gasteiger partial charge in [-0.15, -0.1) is 0 Å². The maximum atomic E-state index is 8.65. The van der Waals surface area contributed by atoms with Crippen molar-refractivity contribution in [2.24, 2.45) is 0 Å². The highest BCUT2D eigenvalue weighted by atomic mass is 16.5. The average molecular weight is 161 g/mol. The molecule has 1 unspecified atom stereocenters. The van der Waals surface area contributed by atoms with Crippen LogP contribution in [0, 0.1) is 0 Å². The lowest BCUT2D eigenvalue weighted by Crippen LogP contribution is -2.32. The Morgan fingerprint density at radius 3 is 2.73 bits per heavy atom. The molecular formula is C8H19NO2. The van der Waals surface area contributed by atoms with E-state index in [1.165, 1.54) is 0 Å². The summed E-state index contributed by atoms with van der Waals surface area (Å²) in [5.41, 5.74) is 0. The summed E-state index contributed by atoms with van der Waals surface area (Å²) in [4.78, 5) is 0. The fraction of sp³-hybridized carbons (Fsp3) is 1.00. The van der Waals surface area contributed by atoms with Gasteiger partial charge in [-0.1, -0.05) is 6.92 Å². The van der Waals surface area contributed by atoms with E-state index in [-0.39, 0.29) is 6.61 Å². The van der Waals surface area contributed by atoms with Gasteiger partial charge in [0, 0.05) is 26.3 Å². The van der Waals surface area contributed by atoms with Gasteiger partial charge in [-0.3, -0.25) is 0 Å². The first-order chi connectivity index (χ1) is 5.35. The van der Waals surface area contributed by atoms with Crippen LogP contribution >= 0.6 is 0 Å². The molecule has 0 fully saturated rings. The zero-order valence-corrected chi connectivity index (χ0v) is 7.47. The number of rotatable bonds is 7. The Balaban J connectivity index is 3.20. The summed E-state index contributed by atoms with van der Waals surface area (Å²) in [6.07, 6.45) is 1.89.